The second kappa shape index (κ2) is 5.87. The first-order valence-electron chi connectivity index (χ1n) is 6.94. The van der Waals surface area contributed by atoms with Crippen LogP contribution in [-0.2, 0) is 0 Å². The molecule has 2 heterocycles. The van der Waals surface area contributed by atoms with E-state index in [-0.39, 0.29) is 11.9 Å². The van der Waals surface area contributed by atoms with Crippen LogP contribution < -0.4 is 5.32 Å². The summed E-state index contributed by atoms with van der Waals surface area (Å²) >= 11 is 6.07. The number of nitrogens with zero attached hydrogens (tertiary/aromatic N) is 2. The zero-order valence-electron chi connectivity index (χ0n) is 11.8. The van der Waals surface area contributed by atoms with Crippen LogP contribution in [-0.4, -0.2) is 40.6 Å². The Kier molecular flexibility index (Phi) is 3.94. The second-order valence-corrected chi connectivity index (χ2v) is 5.65. The highest BCUT2D eigenvalue weighted by Gasteiger charge is 2.29. The Hall–Kier alpha value is -1.85. The number of nitrogens with one attached hydrogen (secondary N) is 2. The average Bonchev–Trinajstić information content (AvgIpc) is 2.93. The fraction of sp³-hybridized carbons (Fsp3) is 0.333. The number of benzene rings is 1. The molecule has 21 heavy (non-hydrogen) atoms. The highest BCUT2D eigenvalue weighted by atomic mass is 35.5. The molecule has 2 N–H and O–H groups in total. The maximum absolute atomic E-state index is 12.7. The van der Waals surface area contributed by atoms with E-state index in [0.717, 1.165) is 24.3 Å². The van der Waals surface area contributed by atoms with Crippen LogP contribution >= 0.6 is 11.6 Å². The van der Waals surface area contributed by atoms with Crippen LogP contribution in [0.2, 0.25) is 5.02 Å². The van der Waals surface area contributed by atoms with Gasteiger partial charge in [0, 0.05) is 30.4 Å². The summed E-state index contributed by atoms with van der Waals surface area (Å²) in [4.78, 5) is 14.5. The van der Waals surface area contributed by atoms with Crippen molar-refractivity contribution in [3.05, 3.63) is 52.3 Å². The largest absolute Gasteiger partial charge is 0.328 e. The van der Waals surface area contributed by atoms with Gasteiger partial charge in [-0.2, -0.15) is 5.10 Å². The topological polar surface area (TPSA) is 61.0 Å². The van der Waals surface area contributed by atoms with Gasteiger partial charge in [0.25, 0.3) is 5.91 Å². The Labute approximate surface area is 128 Å². The summed E-state index contributed by atoms with van der Waals surface area (Å²) in [6.07, 6.45) is 0. The first kappa shape index (κ1) is 14.1. The number of aryl methyl sites for hydroxylation is 1. The lowest BCUT2D eigenvalue weighted by Gasteiger charge is -2.36. The summed E-state index contributed by atoms with van der Waals surface area (Å²) in [7, 11) is 0. The van der Waals surface area contributed by atoms with E-state index in [4.69, 9.17) is 11.6 Å². The summed E-state index contributed by atoms with van der Waals surface area (Å²) in [5.41, 5.74) is 2.38. The SMILES string of the molecule is Cc1cc(C(=O)N2CCNCC2c2cccc(Cl)c2)n[nH]1. The standard InChI is InChI=1S/C15H17ClN4O/c1-10-7-13(19-18-10)15(21)20-6-5-17-9-14(20)11-3-2-4-12(16)8-11/h2-4,7-8,14,17H,5-6,9H2,1H3,(H,18,19). The number of aromatic nitrogens is 2. The summed E-state index contributed by atoms with van der Waals surface area (Å²) in [5.74, 6) is -0.0502. The lowest BCUT2D eigenvalue weighted by molar-refractivity contribution is 0.0628. The Morgan fingerprint density at radius 3 is 3.00 bits per heavy atom. The number of carbonyl (C=O) groups is 1. The van der Waals surface area contributed by atoms with E-state index in [1.54, 1.807) is 6.07 Å². The van der Waals surface area contributed by atoms with Crippen molar-refractivity contribution in [1.29, 1.82) is 0 Å². The molecule has 5 nitrogen and oxygen atoms in total. The minimum Gasteiger partial charge on any atom is -0.328 e. The number of rotatable bonds is 2. The van der Waals surface area contributed by atoms with E-state index < -0.39 is 0 Å². The summed E-state index contributed by atoms with van der Waals surface area (Å²) in [6, 6.07) is 9.41. The summed E-state index contributed by atoms with van der Waals surface area (Å²) in [5, 5.41) is 10.9. The molecule has 2 aromatic rings. The number of amides is 1. The van der Waals surface area contributed by atoms with Crippen molar-refractivity contribution in [2.24, 2.45) is 0 Å². The average molecular weight is 305 g/mol. The van der Waals surface area contributed by atoms with Gasteiger partial charge in [0.1, 0.15) is 5.69 Å². The molecule has 0 bridgehead atoms. The molecule has 1 atom stereocenters. The number of H-pyrrole nitrogens is 1. The quantitative estimate of drug-likeness (QED) is 0.894. The van der Waals surface area contributed by atoms with Gasteiger partial charge in [0.2, 0.25) is 0 Å². The predicted octanol–water partition coefficient (Wildman–Crippen LogP) is 2.16. The molecule has 1 fully saturated rings. The van der Waals surface area contributed by atoms with E-state index in [0.29, 0.717) is 17.3 Å². The molecule has 1 saturated heterocycles. The second-order valence-electron chi connectivity index (χ2n) is 5.21. The van der Waals surface area contributed by atoms with Crippen LogP contribution in [0.3, 0.4) is 0 Å². The molecule has 1 aliphatic heterocycles. The molecule has 1 aliphatic rings. The van der Waals surface area contributed by atoms with Gasteiger partial charge in [-0.05, 0) is 30.7 Å². The van der Waals surface area contributed by atoms with Gasteiger partial charge in [-0.3, -0.25) is 9.89 Å². The van der Waals surface area contributed by atoms with E-state index >= 15 is 0 Å². The van der Waals surface area contributed by atoms with Crippen LogP contribution in [0.5, 0.6) is 0 Å². The lowest BCUT2D eigenvalue weighted by atomic mass is 10.0. The van der Waals surface area contributed by atoms with Crippen molar-refractivity contribution in [3.8, 4) is 0 Å². The first-order valence-corrected chi connectivity index (χ1v) is 7.32. The molecule has 110 valence electrons. The van der Waals surface area contributed by atoms with Crippen molar-refractivity contribution >= 4 is 17.5 Å². The van der Waals surface area contributed by atoms with Gasteiger partial charge >= 0.3 is 0 Å². The van der Waals surface area contributed by atoms with Crippen LogP contribution in [0, 0.1) is 6.92 Å². The van der Waals surface area contributed by atoms with Crippen molar-refractivity contribution < 1.29 is 4.79 Å². The fourth-order valence-electron chi connectivity index (χ4n) is 2.63. The molecule has 1 unspecified atom stereocenters. The number of hydrogen-bond donors (Lipinski definition) is 2. The van der Waals surface area contributed by atoms with E-state index in [1.165, 1.54) is 0 Å². The summed E-state index contributed by atoms with van der Waals surface area (Å²) in [6.45, 7) is 4.04. The zero-order chi connectivity index (χ0) is 14.8. The van der Waals surface area contributed by atoms with Crippen LogP contribution in [0.25, 0.3) is 0 Å². The molecular formula is C15H17ClN4O. The van der Waals surface area contributed by atoms with Gasteiger partial charge in [-0.15, -0.1) is 0 Å². The molecule has 0 aliphatic carbocycles. The molecule has 6 heteroatoms. The van der Waals surface area contributed by atoms with Gasteiger partial charge in [-0.1, -0.05) is 23.7 Å². The minimum atomic E-state index is -0.0502. The summed E-state index contributed by atoms with van der Waals surface area (Å²) < 4.78 is 0. The van der Waals surface area contributed by atoms with Crippen LogP contribution in [0.15, 0.2) is 30.3 Å². The third-order valence-corrected chi connectivity index (χ3v) is 3.90. The minimum absolute atomic E-state index is 0.0260. The maximum atomic E-state index is 12.7. The maximum Gasteiger partial charge on any atom is 0.274 e. The third-order valence-electron chi connectivity index (χ3n) is 3.66. The predicted molar refractivity (Wildman–Crippen MR) is 81.4 cm³/mol. The van der Waals surface area contributed by atoms with E-state index in [9.17, 15) is 4.79 Å². The van der Waals surface area contributed by atoms with Gasteiger partial charge < -0.3 is 10.2 Å². The van der Waals surface area contributed by atoms with Gasteiger partial charge in [0.05, 0.1) is 6.04 Å². The van der Waals surface area contributed by atoms with Crippen molar-refractivity contribution in [1.82, 2.24) is 20.4 Å². The monoisotopic (exact) mass is 304 g/mol. The van der Waals surface area contributed by atoms with E-state index in [2.05, 4.69) is 15.5 Å². The molecule has 0 spiro atoms. The Bertz CT molecular complexity index is 655. The van der Waals surface area contributed by atoms with Crippen LogP contribution in [0.1, 0.15) is 27.8 Å². The first-order chi connectivity index (χ1) is 10.1. The number of hydrogen-bond acceptors (Lipinski definition) is 3. The number of piperazine rings is 1. The molecule has 1 aromatic heterocycles. The molecular weight excluding hydrogens is 288 g/mol. The molecule has 3 rings (SSSR count). The van der Waals surface area contributed by atoms with Crippen molar-refractivity contribution in [2.45, 2.75) is 13.0 Å². The number of aromatic amines is 1. The van der Waals surface area contributed by atoms with Crippen molar-refractivity contribution in [3.63, 3.8) is 0 Å². The molecule has 0 saturated carbocycles. The van der Waals surface area contributed by atoms with Gasteiger partial charge in [-0.25, -0.2) is 0 Å². The normalized spacial score (nSPS) is 18.8. The Balaban J connectivity index is 1.89. The molecule has 0 radical (unpaired) electrons. The zero-order valence-corrected chi connectivity index (χ0v) is 12.5. The lowest BCUT2D eigenvalue weighted by Crippen LogP contribution is -2.48. The van der Waals surface area contributed by atoms with Crippen LogP contribution in [0.4, 0.5) is 0 Å². The molecule has 1 aromatic carbocycles. The number of carbonyl (C=O) groups excluding carboxylic acids is 1. The number of halogens is 1. The highest BCUT2D eigenvalue weighted by molar-refractivity contribution is 6.30. The third kappa shape index (κ3) is 2.94. The Morgan fingerprint density at radius 2 is 2.29 bits per heavy atom. The van der Waals surface area contributed by atoms with E-state index in [1.807, 2.05) is 36.1 Å². The fourth-order valence-corrected chi connectivity index (χ4v) is 2.83. The Morgan fingerprint density at radius 1 is 1.43 bits per heavy atom. The smallest absolute Gasteiger partial charge is 0.274 e. The van der Waals surface area contributed by atoms with Crippen molar-refractivity contribution in [2.75, 3.05) is 19.6 Å². The highest BCUT2D eigenvalue weighted by Crippen LogP contribution is 2.26. The molecule has 1 amide bonds. The van der Waals surface area contributed by atoms with Gasteiger partial charge in [0.15, 0.2) is 0 Å².